The molecule has 1 fully saturated rings. The number of aliphatic hydroxyl groups is 1. The number of aromatic nitrogens is 3. The standard InChI is InChI=1S/C19H21N5O2/c25-12-19(5-6-19)21-17-10-14-11-23(7-8-24(14)22-17)18(26)16-9-13-3-1-2-4-15(13)20-16/h1-4,9-10,20,25H,5-8,11-12H2,(H,21,22). The number of hydrogen-bond acceptors (Lipinski definition) is 4. The molecule has 1 aliphatic carbocycles. The first-order valence-electron chi connectivity index (χ1n) is 8.99. The van der Waals surface area contributed by atoms with Gasteiger partial charge in [0.1, 0.15) is 11.5 Å². The molecule has 0 unspecified atom stereocenters. The minimum atomic E-state index is -0.190. The Morgan fingerprint density at radius 1 is 1.27 bits per heavy atom. The highest BCUT2D eigenvalue weighted by Gasteiger charge is 2.42. The van der Waals surface area contributed by atoms with Gasteiger partial charge in [0.15, 0.2) is 0 Å². The zero-order valence-electron chi connectivity index (χ0n) is 14.4. The Labute approximate surface area is 150 Å². The first-order valence-corrected chi connectivity index (χ1v) is 8.99. The Balaban J connectivity index is 1.35. The smallest absolute Gasteiger partial charge is 0.270 e. The van der Waals surface area contributed by atoms with Crippen LogP contribution in [0.2, 0.25) is 0 Å². The SMILES string of the molecule is O=C(c1cc2ccccc2[nH]1)N1CCn2nc(NC3(CO)CC3)cc2C1. The molecule has 0 spiro atoms. The van der Waals surface area contributed by atoms with E-state index in [0.717, 1.165) is 35.3 Å². The largest absolute Gasteiger partial charge is 0.394 e. The van der Waals surface area contributed by atoms with Crippen LogP contribution in [0.25, 0.3) is 10.9 Å². The number of carbonyl (C=O) groups is 1. The zero-order chi connectivity index (χ0) is 17.7. The quantitative estimate of drug-likeness (QED) is 0.671. The number of rotatable bonds is 4. The van der Waals surface area contributed by atoms with E-state index in [2.05, 4.69) is 15.4 Å². The van der Waals surface area contributed by atoms with Crippen molar-refractivity contribution in [1.29, 1.82) is 0 Å². The number of anilines is 1. The summed E-state index contributed by atoms with van der Waals surface area (Å²) in [6, 6.07) is 11.8. The van der Waals surface area contributed by atoms with Crippen LogP contribution in [0.3, 0.4) is 0 Å². The maximum Gasteiger partial charge on any atom is 0.270 e. The predicted molar refractivity (Wildman–Crippen MR) is 97.9 cm³/mol. The van der Waals surface area contributed by atoms with Gasteiger partial charge in [0.25, 0.3) is 5.91 Å². The second-order valence-electron chi connectivity index (χ2n) is 7.30. The van der Waals surface area contributed by atoms with E-state index in [1.807, 2.05) is 46.0 Å². The van der Waals surface area contributed by atoms with Gasteiger partial charge in [0.05, 0.1) is 30.9 Å². The van der Waals surface area contributed by atoms with Crippen molar-refractivity contribution in [1.82, 2.24) is 19.7 Å². The van der Waals surface area contributed by atoms with Crippen molar-refractivity contribution in [2.75, 3.05) is 18.5 Å². The Kier molecular flexibility index (Phi) is 3.33. The Bertz CT molecular complexity index is 952. The molecule has 1 amide bonds. The highest BCUT2D eigenvalue weighted by Crippen LogP contribution is 2.38. The van der Waals surface area contributed by atoms with Gasteiger partial charge in [-0.2, -0.15) is 5.10 Å². The lowest BCUT2D eigenvalue weighted by atomic mass is 10.2. The molecule has 0 saturated heterocycles. The number of H-pyrrole nitrogens is 1. The number of amides is 1. The Morgan fingerprint density at radius 2 is 2.12 bits per heavy atom. The number of hydrogen-bond donors (Lipinski definition) is 3. The molecule has 0 bridgehead atoms. The number of para-hydroxylation sites is 1. The average Bonchev–Trinajstić information content (AvgIpc) is 3.13. The van der Waals surface area contributed by atoms with E-state index in [9.17, 15) is 9.90 Å². The van der Waals surface area contributed by atoms with Crippen LogP contribution >= 0.6 is 0 Å². The van der Waals surface area contributed by atoms with Crippen molar-refractivity contribution in [3.63, 3.8) is 0 Å². The van der Waals surface area contributed by atoms with Gasteiger partial charge in [-0.25, -0.2) is 0 Å². The molecular formula is C19H21N5O2. The molecule has 2 aromatic heterocycles. The lowest BCUT2D eigenvalue weighted by molar-refractivity contribution is 0.0701. The average molecular weight is 351 g/mol. The molecule has 3 N–H and O–H groups in total. The molecule has 3 heterocycles. The Hall–Kier alpha value is -2.80. The van der Waals surface area contributed by atoms with E-state index in [-0.39, 0.29) is 18.1 Å². The van der Waals surface area contributed by atoms with E-state index < -0.39 is 0 Å². The zero-order valence-corrected chi connectivity index (χ0v) is 14.4. The highest BCUT2D eigenvalue weighted by atomic mass is 16.3. The van der Waals surface area contributed by atoms with Crippen molar-refractivity contribution < 1.29 is 9.90 Å². The van der Waals surface area contributed by atoms with Crippen molar-refractivity contribution in [3.8, 4) is 0 Å². The minimum Gasteiger partial charge on any atom is -0.394 e. The number of nitrogens with zero attached hydrogens (tertiary/aromatic N) is 3. The first-order chi connectivity index (χ1) is 12.7. The van der Waals surface area contributed by atoms with Crippen molar-refractivity contribution >= 4 is 22.6 Å². The van der Waals surface area contributed by atoms with Gasteiger partial charge in [0.2, 0.25) is 0 Å². The summed E-state index contributed by atoms with van der Waals surface area (Å²) in [5.74, 6) is 0.795. The van der Waals surface area contributed by atoms with Crippen LogP contribution in [-0.2, 0) is 13.1 Å². The van der Waals surface area contributed by atoms with Crippen LogP contribution < -0.4 is 5.32 Å². The number of aromatic amines is 1. The molecule has 1 aliphatic heterocycles. The maximum absolute atomic E-state index is 12.9. The number of fused-ring (bicyclic) bond motifs is 2. The van der Waals surface area contributed by atoms with E-state index in [1.54, 1.807) is 0 Å². The van der Waals surface area contributed by atoms with Crippen molar-refractivity contribution in [2.24, 2.45) is 0 Å². The fourth-order valence-corrected chi connectivity index (χ4v) is 3.60. The summed E-state index contributed by atoms with van der Waals surface area (Å²) in [6.07, 6.45) is 1.94. The van der Waals surface area contributed by atoms with E-state index in [4.69, 9.17) is 0 Å². The van der Waals surface area contributed by atoms with Crippen LogP contribution in [0.4, 0.5) is 5.82 Å². The van der Waals surface area contributed by atoms with E-state index in [1.165, 1.54) is 0 Å². The lowest BCUT2D eigenvalue weighted by Crippen LogP contribution is -2.38. The molecule has 7 nitrogen and oxygen atoms in total. The topological polar surface area (TPSA) is 86.2 Å². The van der Waals surface area contributed by atoms with Gasteiger partial charge in [-0.15, -0.1) is 0 Å². The number of carbonyl (C=O) groups excluding carboxylic acids is 1. The normalized spacial score (nSPS) is 18.0. The second kappa shape index (κ2) is 5.60. The second-order valence-corrected chi connectivity index (χ2v) is 7.30. The van der Waals surface area contributed by atoms with Gasteiger partial charge in [-0.05, 0) is 25.0 Å². The molecule has 134 valence electrons. The summed E-state index contributed by atoms with van der Waals surface area (Å²) >= 11 is 0. The minimum absolute atomic E-state index is 0.0113. The highest BCUT2D eigenvalue weighted by molar-refractivity contribution is 5.98. The molecule has 0 atom stereocenters. The van der Waals surface area contributed by atoms with Gasteiger partial charge >= 0.3 is 0 Å². The van der Waals surface area contributed by atoms with Crippen LogP contribution in [0.5, 0.6) is 0 Å². The molecule has 26 heavy (non-hydrogen) atoms. The Morgan fingerprint density at radius 3 is 2.88 bits per heavy atom. The lowest BCUT2D eigenvalue weighted by Gasteiger charge is -2.27. The summed E-state index contributed by atoms with van der Waals surface area (Å²) in [4.78, 5) is 18.0. The van der Waals surface area contributed by atoms with Crippen LogP contribution in [0, 0.1) is 0 Å². The monoisotopic (exact) mass is 351 g/mol. The third-order valence-corrected chi connectivity index (χ3v) is 5.39. The molecule has 1 aromatic carbocycles. The van der Waals surface area contributed by atoms with Crippen LogP contribution in [0.15, 0.2) is 36.4 Å². The van der Waals surface area contributed by atoms with E-state index >= 15 is 0 Å². The van der Waals surface area contributed by atoms with Gasteiger partial charge in [0, 0.05) is 23.5 Å². The number of aliphatic hydroxyl groups excluding tert-OH is 1. The maximum atomic E-state index is 12.9. The number of benzene rings is 1. The summed E-state index contributed by atoms with van der Waals surface area (Å²) < 4.78 is 1.95. The van der Waals surface area contributed by atoms with Crippen molar-refractivity contribution in [2.45, 2.75) is 31.5 Å². The third-order valence-electron chi connectivity index (χ3n) is 5.39. The van der Waals surface area contributed by atoms with Gasteiger partial charge in [-0.3, -0.25) is 9.48 Å². The first kappa shape index (κ1) is 15.5. The van der Waals surface area contributed by atoms with Crippen LogP contribution in [0.1, 0.15) is 29.0 Å². The summed E-state index contributed by atoms with van der Waals surface area (Å²) in [6.45, 7) is 1.97. The molecule has 7 heteroatoms. The molecular weight excluding hydrogens is 330 g/mol. The summed E-state index contributed by atoms with van der Waals surface area (Å²) in [5, 5.41) is 18.4. The van der Waals surface area contributed by atoms with Gasteiger partial charge in [-0.1, -0.05) is 18.2 Å². The molecule has 3 aromatic rings. The predicted octanol–water partition coefficient (Wildman–Crippen LogP) is 1.96. The number of nitrogens with one attached hydrogen (secondary N) is 2. The third kappa shape index (κ3) is 2.55. The molecule has 0 radical (unpaired) electrons. The van der Waals surface area contributed by atoms with Crippen LogP contribution in [-0.4, -0.2) is 49.4 Å². The molecule has 5 rings (SSSR count). The fourth-order valence-electron chi connectivity index (χ4n) is 3.60. The molecule has 2 aliphatic rings. The fraction of sp³-hybridized carbons (Fsp3) is 0.368. The van der Waals surface area contributed by atoms with Gasteiger partial charge < -0.3 is 20.3 Å². The molecule has 1 saturated carbocycles. The van der Waals surface area contributed by atoms with E-state index in [0.29, 0.717) is 25.3 Å². The summed E-state index contributed by atoms with van der Waals surface area (Å²) in [7, 11) is 0. The summed E-state index contributed by atoms with van der Waals surface area (Å²) in [5.41, 5.74) is 2.42. The van der Waals surface area contributed by atoms with Crippen molar-refractivity contribution in [3.05, 3.63) is 47.8 Å².